The second-order valence-electron chi connectivity index (χ2n) is 7.69. The molecule has 1 aromatic carbocycles. The van der Waals surface area contributed by atoms with Gasteiger partial charge in [-0.3, -0.25) is 9.59 Å². The van der Waals surface area contributed by atoms with Crippen molar-refractivity contribution in [2.75, 3.05) is 11.9 Å². The number of Topliss-reactive ketones (excluding diaryl/α,β-unsaturated/α-hetero) is 1. The highest BCUT2D eigenvalue weighted by Gasteiger charge is 2.34. The molecule has 0 fully saturated rings. The summed E-state index contributed by atoms with van der Waals surface area (Å²) in [6, 6.07) is 7.47. The molecule has 0 bridgehead atoms. The summed E-state index contributed by atoms with van der Waals surface area (Å²) in [6.45, 7) is 10.5. The summed E-state index contributed by atoms with van der Waals surface area (Å²) in [7, 11) is 0. The summed E-state index contributed by atoms with van der Waals surface area (Å²) < 4.78 is 2.11. The Kier molecular flexibility index (Phi) is 4.48. The summed E-state index contributed by atoms with van der Waals surface area (Å²) >= 11 is 0. The predicted octanol–water partition coefficient (Wildman–Crippen LogP) is 3.64. The first-order chi connectivity index (χ1) is 12.2. The van der Waals surface area contributed by atoms with Crippen molar-refractivity contribution in [2.45, 2.75) is 33.6 Å². The number of nitrogens with one attached hydrogen (secondary N) is 1. The Balaban J connectivity index is 2.14. The van der Waals surface area contributed by atoms with E-state index >= 15 is 0 Å². The molecule has 5 heteroatoms. The first kappa shape index (κ1) is 18.0. The SMILES string of the molecule is C=CCNc1cc(-n2c(C)cc3c2CC(C)(C)CC3=O)ccc1C(N)=O. The fourth-order valence-corrected chi connectivity index (χ4v) is 3.73. The third-order valence-corrected chi connectivity index (χ3v) is 4.84. The molecule has 3 N–H and O–H groups in total. The molecule has 1 heterocycles. The van der Waals surface area contributed by atoms with Gasteiger partial charge in [-0.2, -0.15) is 0 Å². The molecule has 0 radical (unpaired) electrons. The minimum absolute atomic E-state index is 0.0658. The number of nitrogens with two attached hydrogens (primary N) is 1. The number of aryl methyl sites for hydroxylation is 1. The summed E-state index contributed by atoms with van der Waals surface area (Å²) in [5.41, 5.74) is 10.3. The van der Waals surface area contributed by atoms with Gasteiger partial charge < -0.3 is 15.6 Å². The standard InChI is InChI=1S/C21H25N3O2/c1-5-8-23-17-10-14(6-7-15(17)20(22)26)24-13(2)9-16-18(24)11-21(3,4)12-19(16)25/h5-7,9-10,23H,1,8,11-12H2,2-4H3,(H2,22,26). The van der Waals surface area contributed by atoms with Crippen LogP contribution in [0.3, 0.4) is 0 Å². The fraction of sp³-hybridized carbons (Fsp3) is 0.333. The monoisotopic (exact) mass is 351 g/mol. The number of carbonyl (C=O) groups excluding carboxylic acids is 2. The first-order valence-electron chi connectivity index (χ1n) is 8.77. The third kappa shape index (κ3) is 3.17. The van der Waals surface area contributed by atoms with E-state index in [1.54, 1.807) is 12.1 Å². The molecule has 0 unspecified atom stereocenters. The third-order valence-electron chi connectivity index (χ3n) is 4.84. The number of carbonyl (C=O) groups is 2. The first-order valence-corrected chi connectivity index (χ1v) is 8.77. The topological polar surface area (TPSA) is 77.1 Å². The molecule has 0 saturated carbocycles. The number of aromatic nitrogens is 1. The van der Waals surface area contributed by atoms with Crippen LogP contribution in [0.1, 0.15) is 52.4 Å². The lowest BCUT2D eigenvalue weighted by molar-refractivity contribution is 0.0910. The minimum atomic E-state index is -0.481. The summed E-state index contributed by atoms with van der Waals surface area (Å²) in [5.74, 6) is -0.289. The Morgan fingerprint density at radius 3 is 2.73 bits per heavy atom. The Hall–Kier alpha value is -2.82. The molecule has 1 amide bonds. The van der Waals surface area contributed by atoms with E-state index in [4.69, 9.17) is 5.73 Å². The van der Waals surface area contributed by atoms with Crippen molar-refractivity contribution in [3.63, 3.8) is 0 Å². The van der Waals surface area contributed by atoms with Crippen LogP contribution in [0.15, 0.2) is 36.9 Å². The van der Waals surface area contributed by atoms with E-state index in [-0.39, 0.29) is 11.2 Å². The molecule has 5 nitrogen and oxygen atoms in total. The van der Waals surface area contributed by atoms with Crippen LogP contribution in [-0.4, -0.2) is 22.8 Å². The highest BCUT2D eigenvalue weighted by Crippen LogP contribution is 2.38. The normalized spacial score (nSPS) is 15.4. The maximum absolute atomic E-state index is 12.6. The zero-order valence-electron chi connectivity index (χ0n) is 15.6. The molecule has 3 rings (SSSR count). The van der Waals surface area contributed by atoms with Crippen molar-refractivity contribution in [3.05, 3.63) is 59.4 Å². The van der Waals surface area contributed by atoms with Crippen LogP contribution in [-0.2, 0) is 6.42 Å². The smallest absolute Gasteiger partial charge is 0.250 e. The highest BCUT2D eigenvalue weighted by molar-refractivity contribution is 6.00. The number of nitrogens with zero attached hydrogens (tertiary/aromatic N) is 1. The van der Waals surface area contributed by atoms with Crippen molar-refractivity contribution >= 4 is 17.4 Å². The van der Waals surface area contributed by atoms with Gasteiger partial charge >= 0.3 is 0 Å². The zero-order valence-corrected chi connectivity index (χ0v) is 15.6. The summed E-state index contributed by atoms with van der Waals surface area (Å²) in [5, 5.41) is 3.17. The van der Waals surface area contributed by atoms with Crippen molar-refractivity contribution in [3.8, 4) is 5.69 Å². The number of hydrogen-bond donors (Lipinski definition) is 2. The van der Waals surface area contributed by atoms with Crippen LogP contribution in [0.4, 0.5) is 5.69 Å². The van der Waals surface area contributed by atoms with Gasteiger partial charge in [0.25, 0.3) is 5.91 Å². The van der Waals surface area contributed by atoms with Gasteiger partial charge in [-0.15, -0.1) is 6.58 Å². The predicted molar refractivity (Wildman–Crippen MR) is 104 cm³/mol. The van der Waals surface area contributed by atoms with Crippen molar-refractivity contribution in [1.29, 1.82) is 0 Å². The molecule has 1 aliphatic rings. The molecule has 136 valence electrons. The van der Waals surface area contributed by atoms with Gasteiger partial charge in [-0.1, -0.05) is 19.9 Å². The van der Waals surface area contributed by atoms with Crippen molar-refractivity contribution in [1.82, 2.24) is 4.57 Å². The Morgan fingerprint density at radius 1 is 1.35 bits per heavy atom. The molecule has 1 aromatic heterocycles. The summed E-state index contributed by atoms with van der Waals surface area (Å²) in [6.07, 6.45) is 3.12. The van der Waals surface area contributed by atoms with Crippen molar-refractivity contribution < 1.29 is 9.59 Å². The lowest BCUT2D eigenvalue weighted by Gasteiger charge is -2.30. The number of hydrogen-bond acceptors (Lipinski definition) is 3. The number of benzene rings is 1. The molecule has 0 spiro atoms. The maximum atomic E-state index is 12.6. The van der Waals surface area contributed by atoms with E-state index in [9.17, 15) is 9.59 Å². The van der Waals surface area contributed by atoms with Gasteiger partial charge in [0.1, 0.15) is 0 Å². The number of anilines is 1. The average Bonchev–Trinajstić information content (AvgIpc) is 2.87. The molecule has 0 atom stereocenters. The zero-order chi connectivity index (χ0) is 19.1. The second-order valence-corrected chi connectivity index (χ2v) is 7.69. The Morgan fingerprint density at radius 2 is 2.08 bits per heavy atom. The lowest BCUT2D eigenvalue weighted by Crippen LogP contribution is -2.27. The van der Waals surface area contributed by atoms with E-state index < -0.39 is 5.91 Å². The van der Waals surface area contributed by atoms with Crippen LogP contribution >= 0.6 is 0 Å². The Bertz CT molecular complexity index is 906. The van der Waals surface area contributed by atoms with Gasteiger partial charge in [-0.05, 0) is 43.0 Å². The fourth-order valence-electron chi connectivity index (χ4n) is 3.73. The van der Waals surface area contributed by atoms with Gasteiger partial charge in [0, 0.05) is 41.3 Å². The van der Waals surface area contributed by atoms with Crippen LogP contribution in [0, 0.1) is 12.3 Å². The van der Waals surface area contributed by atoms with E-state index in [2.05, 4.69) is 30.3 Å². The largest absolute Gasteiger partial charge is 0.381 e. The molecule has 26 heavy (non-hydrogen) atoms. The average molecular weight is 351 g/mol. The molecular weight excluding hydrogens is 326 g/mol. The van der Waals surface area contributed by atoms with Gasteiger partial charge in [0.15, 0.2) is 5.78 Å². The van der Waals surface area contributed by atoms with E-state index in [0.29, 0.717) is 24.2 Å². The summed E-state index contributed by atoms with van der Waals surface area (Å²) in [4.78, 5) is 24.3. The molecular formula is C21H25N3O2. The molecule has 0 saturated heterocycles. The number of primary amides is 1. The van der Waals surface area contributed by atoms with Crippen LogP contribution in [0.2, 0.25) is 0 Å². The second kappa shape index (κ2) is 6.48. The molecule has 0 aliphatic heterocycles. The van der Waals surface area contributed by atoms with Crippen LogP contribution < -0.4 is 11.1 Å². The maximum Gasteiger partial charge on any atom is 0.250 e. The van der Waals surface area contributed by atoms with Crippen molar-refractivity contribution in [2.24, 2.45) is 11.1 Å². The number of fused-ring (bicyclic) bond motifs is 1. The number of rotatable bonds is 5. The number of amides is 1. The molecule has 1 aliphatic carbocycles. The molecule has 2 aromatic rings. The van der Waals surface area contributed by atoms with E-state index in [1.165, 1.54) is 0 Å². The van der Waals surface area contributed by atoms with Gasteiger partial charge in [0.2, 0.25) is 0 Å². The Labute approximate surface area is 153 Å². The highest BCUT2D eigenvalue weighted by atomic mass is 16.1. The van der Waals surface area contributed by atoms with Crippen LogP contribution in [0.25, 0.3) is 5.69 Å². The van der Waals surface area contributed by atoms with Crippen LogP contribution in [0.5, 0.6) is 0 Å². The minimum Gasteiger partial charge on any atom is -0.381 e. The lowest BCUT2D eigenvalue weighted by atomic mass is 9.76. The van der Waals surface area contributed by atoms with E-state index in [1.807, 2.05) is 25.1 Å². The van der Waals surface area contributed by atoms with E-state index in [0.717, 1.165) is 29.1 Å². The number of ketones is 1. The van der Waals surface area contributed by atoms with Gasteiger partial charge in [0.05, 0.1) is 5.56 Å². The quantitative estimate of drug-likeness (QED) is 0.808. The van der Waals surface area contributed by atoms with Gasteiger partial charge in [-0.25, -0.2) is 0 Å².